The third kappa shape index (κ3) is 16.7. The van der Waals surface area contributed by atoms with Crippen molar-refractivity contribution in [3.05, 3.63) is 52.2 Å². The van der Waals surface area contributed by atoms with Gasteiger partial charge in [0.1, 0.15) is 54.1 Å². The number of carbonyl (C=O) groups is 7. The number of aromatic hydroxyl groups is 1. The molecular formula is C49H77N11O12S. The van der Waals surface area contributed by atoms with Crippen LogP contribution >= 0.6 is 11.3 Å². The Labute approximate surface area is 429 Å². The van der Waals surface area contributed by atoms with Gasteiger partial charge in [-0.25, -0.2) is 0 Å². The van der Waals surface area contributed by atoms with Gasteiger partial charge in [0.15, 0.2) is 0 Å². The Bertz CT molecular complexity index is 2200. The van der Waals surface area contributed by atoms with E-state index in [9.17, 15) is 59.1 Å². The number of phenolic OH excluding ortho intramolecular Hbond substituents is 1. The molecule has 8 unspecified atom stereocenters. The standard InChI is InChI=1S/C49H77N11O12S/c1-6-27(2)40-44(69)55-33(16-11-28(3)61)43(68)58-49(23-32(49)41(51)66)47(72)56-36(45(70)59(4)26-39(65)54-34(22-31-9-8-20-73-31)42(67)53-25-37(50)63)24-52-38(64)10-7-17-48(18-19-48)57-35(46(71)60(40)5)21-29-12-14-30(62)15-13-29/h8-9,12-15,20,27,32-36,38,40,43-44,46,52,55,57-58,62,64,68-69,71H,6-7,10-11,16-19,21-26H2,1-5H3,(H2,50,63)(H2,51,66)(H,53,67)(H,54,65)(H,56,72)/t27?,32?,33-,34-,35-,36-,38?,40?,43?,44?,46?,49?/m0/s1. The first-order valence-electron chi connectivity index (χ1n) is 25.0. The second-order valence-corrected chi connectivity index (χ2v) is 21.2. The van der Waals surface area contributed by atoms with Crippen LogP contribution < -0.4 is 48.7 Å². The number of benzene rings is 1. The van der Waals surface area contributed by atoms with Crippen molar-refractivity contribution in [3.63, 3.8) is 0 Å². The number of carbonyl (C=O) groups excluding carboxylic acids is 7. The fourth-order valence-electron chi connectivity index (χ4n) is 9.63. The minimum Gasteiger partial charge on any atom is -0.508 e. The van der Waals surface area contributed by atoms with E-state index in [0.29, 0.717) is 25.7 Å². The van der Waals surface area contributed by atoms with Gasteiger partial charge >= 0.3 is 0 Å². The third-order valence-electron chi connectivity index (χ3n) is 14.3. The summed E-state index contributed by atoms with van der Waals surface area (Å²) in [5.41, 5.74) is 9.49. The zero-order valence-electron chi connectivity index (χ0n) is 42.3. The van der Waals surface area contributed by atoms with Gasteiger partial charge in [0, 0.05) is 42.9 Å². The Kier molecular flexibility index (Phi) is 21.2. The van der Waals surface area contributed by atoms with Crippen LogP contribution in [-0.4, -0.2) is 176 Å². The minimum atomic E-state index is -1.90. The lowest BCUT2D eigenvalue weighted by Gasteiger charge is -2.43. The number of thiophene rings is 1. The minimum absolute atomic E-state index is 0.0523. The second kappa shape index (κ2) is 26.4. The van der Waals surface area contributed by atoms with E-state index >= 15 is 0 Å². The van der Waals surface area contributed by atoms with E-state index in [1.165, 1.54) is 25.3 Å². The Morgan fingerprint density at radius 1 is 0.986 bits per heavy atom. The van der Waals surface area contributed by atoms with Gasteiger partial charge in [0.25, 0.3) is 0 Å². The average molecular weight is 1040 g/mol. The molecule has 2 spiro atoms. The summed E-state index contributed by atoms with van der Waals surface area (Å²) in [5, 5.41) is 79.7. The van der Waals surface area contributed by atoms with E-state index in [4.69, 9.17) is 11.5 Å². The lowest BCUT2D eigenvalue weighted by molar-refractivity contribution is -0.140. The van der Waals surface area contributed by atoms with E-state index in [-0.39, 0.29) is 56.1 Å². The third-order valence-corrected chi connectivity index (χ3v) is 15.2. The summed E-state index contributed by atoms with van der Waals surface area (Å²) in [7, 11) is 2.98. The summed E-state index contributed by atoms with van der Waals surface area (Å²) in [6.07, 6.45) is -2.16. The molecule has 16 N–H and O–H groups in total. The summed E-state index contributed by atoms with van der Waals surface area (Å²) in [6, 6.07) is 4.97. The molecular weight excluding hydrogens is 967 g/mol. The number of Topliss-reactive ketones (excluding diaryl/α,β-unsaturated/α-hetero) is 1. The number of phenols is 1. The summed E-state index contributed by atoms with van der Waals surface area (Å²) in [5.74, 6) is -6.50. The number of hydrogen-bond acceptors (Lipinski definition) is 18. The molecule has 3 aliphatic rings. The number of nitrogens with one attached hydrogen (secondary N) is 7. The highest BCUT2D eigenvalue weighted by molar-refractivity contribution is 7.09. The average Bonchev–Trinajstić information content (AvgIpc) is 4.22. The molecule has 1 aliphatic heterocycles. The Hall–Kier alpha value is -5.15. The first-order valence-corrected chi connectivity index (χ1v) is 25.8. The number of rotatable bonds is 17. The van der Waals surface area contributed by atoms with Crippen LogP contribution in [0.15, 0.2) is 41.8 Å². The molecule has 1 aromatic heterocycles. The number of likely N-dealkylation sites (N-methyl/N-ethyl adjacent to an activating group) is 2. The van der Waals surface area contributed by atoms with E-state index in [1.807, 2.05) is 13.8 Å². The molecule has 0 radical (unpaired) electrons. The van der Waals surface area contributed by atoms with E-state index in [1.54, 1.807) is 53.7 Å². The molecule has 3 fully saturated rings. The second-order valence-electron chi connectivity index (χ2n) is 20.2. The van der Waals surface area contributed by atoms with Crippen LogP contribution in [0, 0.1) is 11.8 Å². The summed E-state index contributed by atoms with van der Waals surface area (Å²) in [6.45, 7) is 3.73. The summed E-state index contributed by atoms with van der Waals surface area (Å²) in [4.78, 5) is 95.6. The van der Waals surface area contributed by atoms with E-state index in [2.05, 4.69) is 37.2 Å². The van der Waals surface area contributed by atoms with E-state index < -0.39 is 121 Å². The van der Waals surface area contributed by atoms with Crippen LogP contribution in [-0.2, 0) is 46.4 Å². The highest BCUT2D eigenvalue weighted by Gasteiger charge is 2.64. The predicted molar refractivity (Wildman–Crippen MR) is 269 cm³/mol. The Balaban J connectivity index is 1.46. The smallest absolute Gasteiger partial charge is 0.246 e. The molecule has 6 amide bonds. The molecule has 24 heteroatoms. The lowest BCUT2D eigenvalue weighted by Crippen LogP contribution is -2.65. The van der Waals surface area contributed by atoms with Crippen LogP contribution in [0.2, 0.25) is 0 Å². The molecule has 0 bridgehead atoms. The van der Waals surface area contributed by atoms with Crippen LogP contribution in [0.25, 0.3) is 0 Å². The zero-order chi connectivity index (χ0) is 53.8. The predicted octanol–water partition coefficient (Wildman–Crippen LogP) is -2.69. The summed E-state index contributed by atoms with van der Waals surface area (Å²) < 4.78 is 0. The van der Waals surface area contributed by atoms with Crippen molar-refractivity contribution < 1.29 is 59.1 Å². The van der Waals surface area contributed by atoms with Crippen molar-refractivity contribution in [2.24, 2.45) is 23.3 Å². The molecule has 1 aromatic carbocycles. The number of aliphatic hydroxyl groups is 4. The number of amides is 6. The van der Waals surface area contributed by atoms with Crippen LogP contribution in [0.4, 0.5) is 0 Å². The number of nitrogens with two attached hydrogens (primary N) is 2. The van der Waals surface area contributed by atoms with Crippen LogP contribution in [0.5, 0.6) is 5.75 Å². The highest BCUT2D eigenvalue weighted by atomic mass is 32.1. The maximum Gasteiger partial charge on any atom is 0.246 e. The largest absolute Gasteiger partial charge is 0.508 e. The van der Waals surface area contributed by atoms with Crippen molar-refractivity contribution >= 4 is 52.6 Å². The van der Waals surface area contributed by atoms with Crippen molar-refractivity contribution in [3.8, 4) is 5.75 Å². The van der Waals surface area contributed by atoms with Gasteiger partial charge in [-0.2, -0.15) is 0 Å². The van der Waals surface area contributed by atoms with Crippen molar-refractivity contribution in [1.82, 2.24) is 47.0 Å². The first kappa shape index (κ1) is 58.7. The van der Waals surface area contributed by atoms with Crippen LogP contribution in [0.1, 0.15) is 89.0 Å². The Morgan fingerprint density at radius 3 is 2.27 bits per heavy atom. The SMILES string of the molecule is CCC(C)C1C(O)N[C@@H](CCC(C)=O)C(O)NC2(CC2C(N)=O)C(=O)N[C@H](C(=O)N(C)CC(=O)N[C@@H](Cc2cccs2)C(=O)NCC(N)=O)CNC(O)CCCC2(CC2)N[C@@H](Cc2ccc(O)cc2)C(O)N1C. The molecule has 12 atom stereocenters. The van der Waals surface area contributed by atoms with Gasteiger partial charge in [-0.15, -0.1) is 11.3 Å². The molecule has 2 heterocycles. The maximum absolute atomic E-state index is 14.6. The molecule has 2 aromatic rings. The number of nitrogens with zero attached hydrogens (tertiary/aromatic N) is 2. The van der Waals surface area contributed by atoms with Gasteiger partial charge in [-0.1, -0.05) is 38.5 Å². The number of hydrogen-bond donors (Lipinski definition) is 14. The number of aliphatic hydroxyl groups excluding tert-OH is 4. The van der Waals surface area contributed by atoms with Gasteiger partial charge in [0.2, 0.25) is 35.4 Å². The van der Waals surface area contributed by atoms with Crippen molar-refractivity contribution in [1.29, 1.82) is 0 Å². The quantitative estimate of drug-likeness (QED) is 0.0767. The molecule has 2 aliphatic carbocycles. The molecule has 406 valence electrons. The molecule has 23 nitrogen and oxygen atoms in total. The van der Waals surface area contributed by atoms with Gasteiger partial charge in [-0.05, 0) is 100 Å². The number of ketones is 1. The van der Waals surface area contributed by atoms with Crippen molar-refractivity contribution in [2.75, 3.05) is 33.7 Å². The Morgan fingerprint density at radius 2 is 1.68 bits per heavy atom. The summed E-state index contributed by atoms with van der Waals surface area (Å²) >= 11 is 1.34. The monoisotopic (exact) mass is 1040 g/mol. The number of primary amides is 2. The topological polar surface area (TPSA) is 363 Å². The normalized spacial score (nSPS) is 29.2. The fourth-order valence-corrected chi connectivity index (χ4v) is 10.4. The van der Waals surface area contributed by atoms with Gasteiger partial charge in [0.05, 0.1) is 31.1 Å². The van der Waals surface area contributed by atoms with Crippen molar-refractivity contribution in [2.45, 2.75) is 158 Å². The fraction of sp³-hybridized carbons (Fsp3) is 0.653. The lowest BCUT2D eigenvalue weighted by atomic mass is 9.93. The molecule has 5 rings (SSSR count). The highest BCUT2D eigenvalue weighted by Crippen LogP contribution is 2.44. The zero-order valence-corrected chi connectivity index (χ0v) is 43.2. The molecule has 73 heavy (non-hydrogen) atoms. The first-order chi connectivity index (χ1) is 34.5. The molecule has 1 saturated heterocycles. The maximum atomic E-state index is 14.6. The van der Waals surface area contributed by atoms with Gasteiger partial charge in [-0.3, -0.25) is 49.6 Å². The van der Waals surface area contributed by atoms with Crippen LogP contribution in [0.3, 0.4) is 0 Å². The molecule has 2 saturated carbocycles. The van der Waals surface area contributed by atoms with Gasteiger partial charge < -0.3 is 68.0 Å². The van der Waals surface area contributed by atoms with E-state index in [0.717, 1.165) is 28.2 Å².